The fourth-order valence-electron chi connectivity index (χ4n) is 2.73. The zero-order chi connectivity index (χ0) is 16.2. The van der Waals surface area contributed by atoms with Gasteiger partial charge in [-0.2, -0.15) is 0 Å². The van der Waals surface area contributed by atoms with Crippen LogP contribution < -0.4 is 10.2 Å². The number of nitrogens with zero attached hydrogens (tertiary/aromatic N) is 1. The molecule has 0 aliphatic carbocycles. The molecule has 1 aliphatic heterocycles. The molecule has 1 fully saturated rings. The van der Waals surface area contributed by atoms with Gasteiger partial charge in [0.15, 0.2) is 0 Å². The fourth-order valence-corrected chi connectivity index (χ4v) is 2.73. The standard InChI is InChI=1S/C19H22N2O2/c1-14-4-3-5-18(15(14)2)20-19(22)16-6-8-17(9-7-16)21-10-12-23-13-11-21/h3-9H,10-13H2,1-2H3,(H,20,22). The molecule has 0 atom stereocenters. The average molecular weight is 310 g/mol. The van der Waals surface area contributed by atoms with Crippen molar-refractivity contribution < 1.29 is 9.53 Å². The van der Waals surface area contributed by atoms with Gasteiger partial charge < -0.3 is 15.0 Å². The molecule has 2 aromatic rings. The lowest BCUT2D eigenvalue weighted by Gasteiger charge is -2.28. The Morgan fingerprint density at radius 2 is 1.74 bits per heavy atom. The molecule has 0 unspecified atom stereocenters. The zero-order valence-corrected chi connectivity index (χ0v) is 13.6. The molecule has 0 spiro atoms. The summed E-state index contributed by atoms with van der Waals surface area (Å²) >= 11 is 0. The molecule has 1 N–H and O–H groups in total. The van der Waals surface area contributed by atoms with Crippen LogP contribution in [0.25, 0.3) is 0 Å². The number of aryl methyl sites for hydroxylation is 1. The maximum absolute atomic E-state index is 12.4. The van der Waals surface area contributed by atoms with Crippen molar-refractivity contribution >= 4 is 17.3 Å². The fraction of sp³-hybridized carbons (Fsp3) is 0.316. The summed E-state index contributed by atoms with van der Waals surface area (Å²) in [5.74, 6) is -0.0766. The van der Waals surface area contributed by atoms with Gasteiger partial charge in [0.2, 0.25) is 0 Å². The highest BCUT2D eigenvalue weighted by Gasteiger charge is 2.13. The predicted octanol–water partition coefficient (Wildman–Crippen LogP) is 3.39. The van der Waals surface area contributed by atoms with Crippen molar-refractivity contribution in [1.82, 2.24) is 0 Å². The smallest absolute Gasteiger partial charge is 0.255 e. The third-order valence-electron chi connectivity index (χ3n) is 4.36. The first kappa shape index (κ1) is 15.6. The Morgan fingerprint density at radius 3 is 2.43 bits per heavy atom. The second kappa shape index (κ2) is 6.84. The number of benzene rings is 2. The van der Waals surface area contributed by atoms with E-state index < -0.39 is 0 Å². The van der Waals surface area contributed by atoms with E-state index in [1.54, 1.807) is 0 Å². The van der Waals surface area contributed by atoms with E-state index in [1.165, 1.54) is 5.56 Å². The molecule has 0 bridgehead atoms. The summed E-state index contributed by atoms with van der Waals surface area (Å²) in [6.07, 6.45) is 0. The molecule has 1 amide bonds. The second-order valence-corrected chi connectivity index (χ2v) is 5.85. The number of hydrogen-bond donors (Lipinski definition) is 1. The maximum Gasteiger partial charge on any atom is 0.255 e. The van der Waals surface area contributed by atoms with Crippen molar-refractivity contribution in [3.05, 3.63) is 59.2 Å². The first-order valence-electron chi connectivity index (χ1n) is 7.95. The lowest BCUT2D eigenvalue weighted by Crippen LogP contribution is -2.36. The summed E-state index contributed by atoms with van der Waals surface area (Å²) in [6, 6.07) is 13.7. The average Bonchev–Trinajstić information content (AvgIpc) is 2.60. The summed E-state index contributed by atoms with van der Waals surface area (Å²) in [6.45, 7) is 7.38. The van der Waals surface area contributed by atoms with E-state index in [4.69, 9.17) is 4.74 Å². The number of morpholine rings is 1. The van der Waals surface area contributed by atoms with Gasteiger partial charge >= 0.3 is 0 Å². The second-order valence-electron chi connectivity index (χ2n) is 5.85. The quantitative estimate of drug-likeness (QED) is 0.945. The largest absolute Gasteiger partial charge is 0.378 e. The van der Waals surface area contributed by atoms with Crippen molar-refractivity contribution in [1.29, 1.82) is 0 Å². The summed E-state index contributed by atoms with van der Waals surface area (Å²) in [5.41, 5.74) is 4.95. The van der Waals surface area contributed by atoms with E-state index in [9.17, 15) is 4.79 Å². The first-order valence-corrected chi connectivity index (χ1v) is 7.95. The van der Waals surface area contributed by atoms with Gasteiger partial charge in [0.1, 0.15) is 0 Å². The Bertz CT molecular complexity index is 689. The molecule has 4 heteroatoms. The molecule has 4 nitrogen and oxygen atoms in total. The molecular formula is C19H22N2O2. The molecule has 23 heavy (non-hydrogen) atoms. The summed E-state index contributed by atoms with van der Waals surface area (Å²) in [4.78, 5) is 14.7. The monoisotopic (exact) mass is 310 g/mol. The number of hydrogen-bond acceptors (Lipinski definition) is 3. The molecule has 0 radical (unpaired) electrons. The minimum absolute atomic E-state index is 0.0766. The maximum atomic E-state index is 12.4. The van der Waals surface area contributed by atoms with Crippen LogP contribution in [-0.4, -0.2) is 32.2 Å². The third-order valence-corrected chi connectivity index (χ3v) is 4.36. The zero-order valence-electron chi connectivity index (χ0n) is 13.6. The normalized spacial score (nSPS) is 14.6. The van der Waals surface area contributed by atoms with Crippen LogP contribution in [0.3, 0.4) is 0 Å². The van der Waals surface area contributed by atoms with E-state index in [-0.39, 0.29) is 5.91 Å². The van der Waals surface area contributed by atoms with Crippen LogP contribution in [0.5, 0.6) is 0 Å². The van der Waals surface area contributed by atoms with Gasteiger partial charge in [0, 0.05) is 30.0 Å². The van der Waals surface area contributed by atoms with Crippen LogP contribution >= 0.6 is 0 Å². The van der Waals surface area contributed by atoms with Crippen LogP contribution in [-0.2, 0) is 4.74 Å². The lowest BCUT2D eigenvalue weighted by molar-refractivity contribution is 0.102. The van der Waals surface area contributed by atoms with E-state index in [1.807, 2.05) is 56.3 Å². The lowest BCUT2D eigenvalue weighted by atomic mass is 10.1. The van der Waals surface area contributed by atoms with Crippen LogP contribution in [0.1, 0.15) is 21.5 Å². The van der Waals surface area contributed by atoms with Crippen LogP contribution in [0.2, 0.25) is 0 Å². The van der Waals surface area contributed by atoms with Gasteiger partial charge in [0.25, 0.3) is 5.91 Å². The molecule has 1 heterocycles. The SMILES string of the molecule is Cc1cccc(NC(=O)c2ccc(N3CCOCC3)cc2)c1C. The van der Waals surface area contributed by atoms with Crippen molar-refractivity contribution in [2.75, 3.05) is 36.5 Å². The molecular weight excluding hydrogens is 288 g/mol. The molecule has 2 aromatic carbocycles. The van der Waals surface area contributed by atoms with E-state index in [2.05, 4.69) is 10.2 Å². The number of ether oxygens (including phenoxy) is 1. The molecule has 0 aromatic heterocycles. The number of amides is 1. The Hall–Kier alpha value is -2.33. The highest BCUT2D eigenvalue weighted by molar-refractivity contribution is 6.04. The predicted molar refractivity (Wildman–Crippen MR) is 93.3 cm³/mol. The van der Waals surface area contributed by atoms with Gasteiger partial charge in [-0.1, -0.05) is 12.1 Å². The molecule has 1 aliphatic rings. The van der Waals surface area contributed by atoms with Crippen LogP contribution in [0.4, 0.5) is 11.4 Å². The first-order chi connectivity index (χ1) is 11.1. The Kier molecular flexibility index (Phi) is 4.63. The van der Waals surface area contributed by atoms with Gasteiger partial charge in [-0.15, -0.1) is 0 Å². The summed E-state index contributed by atoms with van der Waals surface area (Å²) in [5, 5.41) is 2.99. The highest BCUT2D eigenvalue weighted by atomic mass is 16.5. The number of rotatable bonds is 3. The third kappa shape index (κ3) is 3.54. The van der Waals surface area contributed by atoms with Gasteiger partial charge in [0.05, 0.1) is 13.2 Å². The highest BCUT2D eigenvalue weighted by Crippen LogP contribution is 2.20. The molecule has 120 valence electrons. The van der Waals surface area contributed by atoms with Gasteiger partial charge in [-0.05, 0) is 55.3 Å². The minimum atomic E-state index is -0.0766. The Balaban J connectivity index is 1.71. The number of carbonyl (C=O) groups excluding carboxylic acids is 1. The van der Waals surface area contributed by atoms with Crippen LogP contribution in [0, 0.1) is 13.8 Å². The molecule has 0 saturated carbocycles. The van der Waals surface area contributed by atoms with Gasteiger partial charge in [-0.3, -0.25) is 4.79 Å². The van der Waals surface area contributed by atoms with Crippen molar-refractivity contribution in [3.63, 3.8) is 0 Å². The molecule has 1 saturated heterocycles. The van der Waals surface area contributed by atoms with Crippen molar-refractivity contribution in [2.45, 2.75) is 13.8 Å². The van der Waals surface area contributed by atoms with E-state index >= 15 is 0 Å². The topological polar surface area (TPSA) is 41.6 Å². The van der Waals surface area contributed by atoms with Gasteiger partial charge in [-0.25, -0.2) is 0 Å². The summed E-state index contributed by atoms with van der Waals surface area (Å²) in [7, 11) is 0. The van der Waals surface area contributed by atoms with Crippen molar-refractivity contribution in [2.24, 2.45) is 0 Å². The minimum Gasteiger partial charge on any atom is -0.378 e. The Morgan fingerprint density at radius 1 is 1.04 bits per heavy atom. The number of carbonyl (C=O) groups is 1. The van der Waals surface area contributed by atoms with Crippen molar-refractivity contribution in [3.8, 4) is 0 Å². The molecule has 3 rings (SSSR count). The number of nitrogens with one attached hydrogen (secondary N) is 1. The van der Waals surface area contributed by atoms with E-state index in [0.717, 1.165) is 43.2 Å². The Labute approximate surface area is 137 Å². The summed E-state index contributed by atoms with van der Waals surface area (Å²) < 4.78 is 5.36. The van der Waals surface area contributed by atoms with Crippen LogP contribution in [0.15, 0.2) is 42.5 Å². The van der Waals surface area contributed by atoms with E-state index in [0.29, 0.717) is 5.56 Å². The number of anilines is 2.